The molecule has 2 aromatic carbocycles. The van der Waals surface area contributed by atoms with Crippen molar-refractivity contribution < 1.29 is 14.7 Å². The van der Waals surface area contributed by atoms with E-state index in [1.165, 1.54) is 6.20 Å². The van der Waals surface area contributed by atoms with Gasteiger partial charge in [-0.15, -0.1) is 0 Å². The van der Waals surface area contributed by atoms with Crippen molar-refractivity contribution >= 4 is 5.97 Å². The van der Waals surface area contributed by atoms with Gasteiger partial charge in [-0.25, -0.2) is 9.78 Å². The maximum atomic E-state index is 12.2. The van der Waals surface area contributed by atoms with Gasteiger partial charge < -0.3 is 9.94 Å². The second-order valence-electron chi connectivity index (χ2n) is 5.10. The summed E-state index contributed by atoms with van der Waals surface area (Å²) >= 11 is 0. The number of carbonyl (C=O) groups excluding carboxylic acids is 1. The van der Waals surface area contributed by atoms with Crippen LogP contribution in [0.5, 0.6) is 0 Å². The zero-order chi connectivity index (χ0) is 16.9. The van der Waals surface area contributed by atoms with Crippen LogP contribution in [0.2, 0.25) is 0 Å². The van der Waals surface area contributed by atoms with Gasteiger partial charge in [-0.1, -0.05) is 60.7 Å². The molecule has 0 amide bonds. The number of nitrogens with one attached hydrogen (secondary N) is 1. The lowest BCUT2D eigenvalue weighted by molar-refractivity contribution is 0.0455. The Labute approximate surface area is 138 Å². The SMILES string of the molecule is N=c1c(C(=O)OCc2ccccc2)nc(-c2ccccc2)cn1O. The van der Waals surface area contributed by atoms with E-state index >= 15 is 0 Å². The number of hydrogen-bond acceptors (Lipinski definition) is 5. The van der Waals surface area contributed by atoms with E-state index in [2.05, 4.69) is 4.98 Å². The van der Waals surface area contributed by atoms with E-state index in [9.17, 15) is 10.0 Å². The fourth-order valence-electron chi connectivity index (χ4n) is 2.17. The van der Waals surface area contributed by atoms with Gasteiger partial charge in [0.2, 0.25) is 0 Å². The van der Waals surface area contributed by atoms with E-state index < -0.39 is 11.5 Å². The summed E-state index contributed by atoms with van der Waals surface area (Å²) in [7, 11) is 0. The molecule has 3 rings (SSSR count). The minimum absolute atomic E-state index is 0.0712. The van der Waals surface area contributed by atoms with E-state index in [0.29, 0.717) is 10.4 Å². The van der Waals surface area contributed by atoms with Crippen LogP contribution < -0.4 is 5.49 Å². The summed E-state index contributed by atoms with van der Waals surface area (Å²) in [6, 6.07) is 18.3. The van der Waals surface area contributed by atoms with Gasteiger partial charge in [0.1, 0.15) is 6.61 Å². The molecule has 0 saturated carbocycles. The maximum Gasteiger partial charge on any atom is 0.361 e. The summed E-state index contributed by atoms with van der Waals surface area (Å²) in [6.07, 6.45) is 1.28. The lowest BCUT2D eigenvalue weighted by Gasteiger charge is -2.08. The maximum absolute atomic E-state index is 12.2. The average Bonchev–Trinajstić information content (AvgIpc) is 2.63. The molecule has 0 aliphatic heterocycles. The Morgan fingerprint density at radius 1 is 1.08 bits per heavy atom. The van der Waals surface area contributed by atoms with Crippen LogP contribution in [0.4, 0.5) is 0 Å². The summed E-state index contributed by atoms with van der Waals surface area (Å²) in [5, 5.41) is 17.7. The largest absolute Gasteiger partial charge is 0.456 e. The Bertz CT molecular complexity index is 906. The number of carbonyl (C=O) groups is 1. The highest BCUT2D eigenvalue weighted by Gasteiger charge is 2.16. The Balaban J connectivity index is 1.88. The van der Waals surface area contributed by atoms with E-state index in [-0.39, 0.29) is 12.3 Å². The number of benzene rings is 2. The molecule has 120 valence electrons. The molecule has 24 heavy (non-hydrogen) atoms. The van der Waals surface area contributed by atoms with E-state index in [4.69, 9.17) is 10.1 Å². The van der Waals surface area contributed by atoms with E-state index in [0.717, 1.165) is 11.1 Å². The summed E-state index contributed by atoms with van der Waals surface area (Å²) in [5.41, 5.74) is 1.26. The normalized spacial score (nSPS) is 10.3. The minimum atomic E-state index is -0.760. The predicted octanol–water partition coefficient (Wildman–Crippen LogP) is 2.62. The molecule has 0 aliphatic rings. The van der Waals surface area contributed by atoms with Gasteiger partial charge in [0, 0.05) is 5.56 Å². The Morgan fingerprint density at radius 3 is 2.38 bits per heavy atom. The second-order valence-corrected chi connectivity index (χ2v) is 5.10. The van der Waals surface area contributed by atoms with Crippen LogP contribution in [-0.2, 0) is 11.3 Å². The third-order valence-corrected chi connectivity index (χ3v) is 3.41. The monoisotopic (exact) mass is 321 g/mol. The molecule has 0 aliphatic carbocycles. The lowest BCUT2D eigenvalue weighted by atomic mass is 10.1. The molecule has 2 N–H and O–H groups in total. The zero-order valence-corrected chi connectivity index (χ0v) is 12.7. The second kappa shape index (κ2) is 6.78. The van der Waals surface area contributed by atoms with Crippen molar-refractivity contribution in [1.29, 1.82) is 5.41 Å². The molecular weight excluding hydrogens is 306 g/mol. The molecule has 0 spiro atoms. The van der Waals surface area contributed by atoms with Crippen molar-refractivity contribution in [2.75, 3.05) is 0 Å². The molecule has 0 atom stereocenters. The number of aromatic nitrogens is 2. The first-order chi connectivity index (χ1) is 11.6. The van der Waals surface area contributed by atoms with Gasteiger partial charge in [0.05, 0.1) is 11.9 Å². The number of ether oxygens (including phenoxy) is 1. The number of esters is 1. The van der Waals surface area contributed by atoms with E-state index in [1.807, 2.05) is 48.5 Å². The van der Waals surface area contributed by atoms with Crippen LogP contribution in [0.25, 0.3) is 11.3 Å². The van der Waals surface area contributed by atoms with Gasteiger partial charge in [-0.05, 0) is 5.56 Å². The number of hydrogen-bond donors (Lipinski definition) is 2. The summed E-state index contributed by atoms with van der Waals surface area (Å²) in [6.45, 7) is 0.0712. The van der Waals surface area contributed by atoms with Crippen molar-refractivity contribution in [3.05, 3.63) is 83.6 Å². The fraction of sp³-hybridized carbons (Fsp3) is 0.0556. The first-order valence-corrected chi connectivity index (χ1v) is 7.29. The first-order valence-electron chi connectivity index (χ1n) is 7.29. The molecule has 0 unspecified atom stereocenters. The Morgan fingerprint density at radius 2 is 1.71 bits per heavy atom. The van der Waals surface area contributed by atoms with Crippen LogP contribution >= 0.6 is 0 Å². The molecule has 1 aromatic heterocycles. The van der Waals surface area contributed by atoms with E-state index in [1.54, 1.807) is 12.1 Å². The Kier molecular flexibility index (Phi) is 4.38. The molecule has 1 heterocycles. The van der Waals surface area contributed by atoms with Crippen LogP contribution in [0.3, 0.4) is 0 Å². The zero-order valence-electron chi connectivity index (χ0n) is 12.7. The molecule has 0 bridgehead atoms. The molecule has 0 saturated heterocycles. The van der Waals surface area contributed by atoms with Crippen molar-refractivity contribution in [3.8, 4) is 11.3 Å². The summed E-state index contributed by atoms with van der Waals surface area (Å²) in [4.78, 5) is 16.4. The van der Waals surface area contributed by atoms with Crippen LogP contribution in [0.1, 0.15) is 16.1 Å². The standard InChI is InChI=1S/C18H15N3O3/c19-17-16(18(22)24-12-13-7-3-1-4-8-13)20-15(11-21(17)23)14-9-5-2-6-10-14/h1-11,19,23H,12H2. The van der Waals surface area contributed by atoms with Gasteiger partial charge in [-0.3, -0.25) is 5.41 Å². The molecule has 3 aromatic rings. The highest BCUT2D eigenvalue weighted by Crippen LogP contribution is 2.15. The van der Waals surface area contributed by atoms with Crippen LogP contribution in [0.15, 0.2) is 66.9 Å². The molecule has 6 nitrogen and oxygen atoms in total. The van der Waals surface area contributed by atoms with Crippen molar-refractivity contribution in [3.63, 3.8) is 0 Å². The highest BCUT2D eigenvalue weighted by atomic mass is 16.5. The third kappa shape index (κ3) is 3.33. The molecule has 0 fully saturated rings. The molecule has 6 heteroatoms. The van der Waals surface area contributed by atoms with Gasteiger partial charge in [0.25, 0.3) is 0 Å². The van der Waals surface area contributed by atoms with Gasteiger partial charge in [-0.2, -0.15) is 4.73 Å². The lowest BCUT2D eigenvalue weighted by Crippen LogP contribution is -2.28. The molecule has 0 radical (unpaired) electrons. The topological polar surface area (TPSA) is 88.2 Å². The fourth-order valence-corrected chi connectivity index (χ4v) is 2.17. The Hall–Kier alpha value is -3.41. The van der Waals surface area contributed by atoms with Crippen LogP contribution in [-0.4, -0.2) is 20.9 Å². The predicted molar refractivity (Wildman–Crippen MR) is 86.3 cm³/mol. The van der Waals surface area contributed by atoms with Crippen LogP contribution in [0, 0.1) is 5.41 Å². The minimum Gasteiger partial charge on any atom is -0.456 e. The van der Waals surface area contributed by atoms with Crippen molar-refractivity contribution in [2.45, 2.75) is 6.61 Å². The van der Waals surface area contributed by atoms with Gasteiger partial charge >= 0.3 is 5.97 Å². The first kappa shape index (κ1) is 15.5. The average molecular weight is 321 g/mol. The molecular formula is C18H15N3O3. The summed E-state index contributed by atoms with van der Waals surface area (Å²) in [5.74, 6) is -0.760. The number of rotatable bonds is 4. The van der Waals surface area contributed by atoms with Crippen molar-refractivity contribution in [2.24, 2.45) is 0 Å². The number of nitrogens with zero attached hydrogens (tertiary/aromatic N) is 2. The highest BCUT2D eigenvalue weighted by molar-refractivity contribution is 5.87. The van der Waals surface area contributed by atoms with Crippen molar-refractivity contribution in [1.82, 2.24) is 9.71 Å². The third-order valence-electron chi connectivity index (χ3n) is 3.41. The quantitative estimate of drug-likeness (QED) is 0.571. The summed E-state index contributed by atoms with van der Waals surface area (Å²) < 4.78 is 5.76. The smallest absolute Gasteiger partial charge is 0.361 e. The van der Waals surface area contributed by atoms with Gasteiger partial charge in [0.15, 0.2) is 11.2 Å².